The van der Waals surface area contributed by atoms with Gasteiger partial charge in [-0.3, -0.25) is 23.4 Å². The fraction of sp³-hybridized carbons (Fsp3) is 0.441. The van der Waals surface area contributed by atoms with E-state index in [0.717, 1.165) is 38.7 Å². The molecule has 0 atom stereocenters. The number of ether oxygens (including phenoxy) is 2. The van der Waals surface area contributed by atoms with E-state index in [0.29, 0.717) is 46.0 Å². The van der Waals surface area contributed by atoms with Crippen molar-refractivity contribution in [3.8, 4) is 11.1 Å². The van der Waals surface area contributed by atoms with Crippen LogP contribution in [0.1, 0.15) is 0 Å². The Kier molecular flexibility index (Phi) is 12.6. The van der Waals surface area contributed by atoms with E-state index in [9.17, 15) is 9.59 Å². The lowest BCUT2D eigenvalue weighted by Gasteiger charge is -2.15. The Labute approximate surface area is 332 Å². The Morgan fingerprint density at radius 2 is 1.21 bits per heavy atom. The summed E-state index contributed by atoms with van der Waals surface area (Å²) in [6.45, 7) is 15.9. The summed E-state index contributed by atoms with van der Waals surface area (Å²) in [4.78, 5) is 34.1. The first kappa shape index (κ1) is 40.7. The molecule has 1 aromatic carbocycles. The largest absolute Gasteiger partial charge is 0.361 e. The number of aryl methyl sites for hydroxylation is 1. The number of fused-ring (bicyclic) bond motifs is 3. The third-order valence-corrected chi connectivity index (χ3v) is 13.8. The first-order chi connectivity index (χ1) is 24.3. The molecule has 18 heteroatoms. The summed E-state index contributed by atoms with van der Waals surface area (Å²) in [5.74, 6) is 0. The van der Waals surface area contributed by atoms with Gasteiger partial charge in [-0.2, -0.15) is 5.10 Å². The molecule has 0 aliphatic rings. The summed E-state index contributed by atoms with van der Waals surface area (Å²) in [6.07, 6.45) is 5.62. The first-order valence-electron chi connectivity index (χ1n) is 16.7. The van der Waals surface area contributed by atoms with Gasteiger partial charge in [-0.15, -0.1) is 0 Å². The standard InChI is InChI=1S/C21H25Cl2N5O2Si.C13H19ClIN3O2Si/c1-26-10-15-16(25-26)7-6-13(18(15)22)14-11-28(12-30-8-9-31(3,4)5)19-17(14)20(29)27(2)21(23)24-19;1-17-12(19)10-9(15)7-18(11(10)16-13(17)14)8-20-5-6-21(2,3)4/h6-7,10-11H,8-9,12H2,1-5H3;7H,5-6,8H2,1-4H3. The van der Waals surface area contributed by atoms with Gasteiger partial charge in [0.15, 0.2) is 11.3 Å². The Morgan fingerprint density at radius 3 is 1.75 bits per heavy atom. The second-order valence-electron chi connectivity index (χ2n) is 15.2. The van der Waals surface area contributed by atoms with Crippen molar-refractivity contribution in [3.63, 3.8) is 0 Å². The molecule has 0 saturated heterocycles. The lowest BCUT2D eigenvalue weighted by atomic mass is 10.0. The number of hydrogen-bond acceptors (Lipinski definition) is 7. The van der Waals surface area contributed by atoms with Gasteiger partial charge in [0.05, 0.1) is 21.3 Å². The summed E-state index contributed by atoms with van der Waals surface area (Å²) in [5.41, 5.74) is 2.95. The summed E-state index contributed by atoms with van der Waals surface area (Å²) < 4.78 is 20.6. The lowest BCUT2D eigenvalue weighted by molar-refractivity contribution is 0.0897. The third kappa shape index (κ3) is 9.05. The lowest BCUT2D eigenvalue weighted by Crippen LogP contribution is -2.22. The zero-order valence-electron chi connectivity index (χ0n) is 30.9. The Hall–Kier alpha value is -2.52. The number of halogens is 4. The normalized spacial score (nSPS) is 12.3. The van der Waals surface area contributed by atoms with Crippen molar-refractivity contribution in [2.24, 2.45) is 21.1 Å². The maximum atomic E-state index is 13.1. The van der Waals surface area contributed by atoms with Crippen molar-refractivity contribution in [1.29, 1.82) is 0 Å². The zero-order valence-corrected chi connectivity index (χ0v) is 37.3. The summed E-state index contributed by atoms with van der Waals surface area (Å²) in [7, 11) is 2.78. The number of aromatic nitrogens is 8. The van der Waals surface area contributed by atoms with E-state index in [-0.39, 0.29) is 28.4 Å². The summed E-state index contributed by atoms with van der Waals surface area (Å²) in [5, 5.41) is 7.14. The van der Waals surface area contributed by atoms with E-state index in [1.807, 2.05) is 46.9 Å². The van der Waals surface area contributed by atoms with Crippen LogP contribution in [0, 0.1) is 3.57 Å². The predicted octanol–water partition coefficient (Wildman–Crippen LogP) is 8.21. The Bertz CT molecular complexity index is 2390. The zero-order chi connectivity index (χ0) is 38.3. The molecule has 0 fully saturated rings. The predicted molar refractivity (Wildman–Crippen MR) is 226 cm³/mol. The molecule has 0 saturated carbocycles. The Morgan fingerprint density at radius 1 is 0.712 bits per heavy atom. The molecule has 6 rings (SSSR count). The maximum Gasteiger partial charge on any atom is 0.264 e. The second kappa shape index (κ2) is 16.1. The number of rotatable bonds is 11. The molecule has 0 N–H and O–H groups in total. The van der Waals surface area contributed by atoms with Crippen LogP contribution in [0.4, 0.5) is 0 Å². The molecular formula is C34H44Cl3IN8O4Si2. The molecule has 0 bridgehead atoms. The smallest absolute Gasteiger partial charge is 0.264 e. The van der Waals surface area contributed by atoms with Crippen LogP contribution in [-0.2, 0) is 44.1 Å². The van der Waals surface area contributed by atoms with Gasteiger partial charge < -0.3 is 18.6 Å². The van der Waals surface area contributed by atoms with Gasteiger partial charge in [0, 0.05) is 89.2 Å². The highest BCUT2D eigenvalue weighted by Crippen LogP contribution is 2.37. The molecule has 12 nitrogen and oxygen atoms in total. The van der Waals surface area contributed by atoms with Gasteiger partial charge in [0.1, 0.15) is 13.5 Å². The van der Waals surface area contributed by atoms with Crippen molar-refractivity contribution in [2.45, 2.75) is 64.8 Å². The van der Waals surface area contributed by atoms with Crippen molar-refractivity contribution in [1.82, 2.24) is 38.0 Å². The van der Waals surface area contributed by atoms with Crippen molar-refractivity contribution in [3.05, 3.63) is 70.6 Å². The van der Waals surface area contributed by atoms with E-state index in [1.54, 1.807) is 18.8 Å². The van der Waals surface area contributed by atoms with Crippen LogP contribution in [0.3, 0.4) is 0 Å². The summed E-state index contributed by atoms with van der Waals surface area (Å²) >= 11 is 21.1. The van der Waals surface area contributed by atoms with E-state index < -0.39 is 16.1 Å². The van der Waals surface area contributed by atoms with Crippen LogP contribution in [0.5, 0.6) is 0 Å². The van der Waals surface area contributed by atoms with E-state index >= 15 is 0 Å². The molecular weight excluding hydrogens is 874 g/mol. The van der Waals surface area contributed by atoms with Crippen LogP contribution in [0.25, 0.3) is 44.1 Å². The van der Waals surface area contributed by atoms with E-state index in [4.69, 9.17) is 44.3 Å². The molecule has 0 spiro atoms. The third-order valence-electron chi connectivity index (χ3n) is 8.52. The topological polar surface area (TPSA) is 116 Å². The minimum atomic E-state index is -1.20. The minimum absolute atomic E-state index is 0.124. The van der Waals surface area contributed by atoms with Gasteiger partial charge in [0.25, 0.3) is 11.1 Å². The highest BCUT2D eigenvalue weighted by Gasteiger charge is 2.22. The van der Waals surface area contributed by atoms with Crippen molar-refractivity contribution in [2.75, 3.05) is 13.2 Å². The van der Waals surface area contributed by atoms with Gasteiger partial charge in [0.2, 0.25) is 10.6 Å². The van der Waals surface area contributed by atoms with E-state index in [2.05, 4.69) is 76.9 Å². The number of nitrogens with zero attached hydrogens (tertiary/aromatic N) is 8. The maximum absolute atomic E-state index is 13.1. The van der Waals surface area contributed by atoms with Crippen LogP contribution < -0.4 is 11.1 Å². The molecule has 0 radical (unpaired) electrons. The van der Waals surface area contributed by atoms with E-state index in [1.165, 1.54) is 9.13 Å². The van der Waals surface area contributed by atoms with Gasteiger partial charge in [-0.25, -0.2) is 9.97 Å². The molecule has 0 aliphatic carbocycles. The molecule has 52 heavy (non-hydrogen) atoms. The molecule has 5 heterocycles. The molecule has 280 valence electrons. The van der Waals surface area contributed by atoms with Crippen molar-refractivity contribution >= 4 is 107 Å². The summed E-state index contributed by atoms with van der Waals surface area (Å²) in [6, 6.07) is 5.95. The minimum Gasteiger partial charge on any atom is -0.361 e. The molecule has 0 unspecified atom stereocenters. The highest BCUT2D eigenvalue weighted by molar-refractivity contribution is 14.1. The molecule has 5 aromatic heterocycles. The first-order valence-corrected chi connectivity index (χ1v) is 26.3. The quantitative estimate of drug-likeness (QED) is 0.0557. The van der Waals surface area contributed by atoms with Crippen LogP contribution in [0.15, 0.2) is 40.3 Å². The van der Waals surface area contributed by atoms with Gasteiger partial charge in [-0.05, 0) is 63.9 Å². The monoisotopic (exact) mass is 916 g/mol. The van der Waals surface area contributed by atoms with Crippen LogP contribution in [0.2, 0.25) is 67.0 Å². The van der Waals surface area contributed by atoms with Crippen LogP contribution in [-0.4, -0.2) is 67.4 Å². The second-order valence-corrected chi connectivity index (χ2v) is 28.7. The fourth-order valence-corrected chi connectivity index (χ4v) is 8.35. The highest BCUT2D eigenvalue weighted by atomic mass is 127. The molecule has 0 amide bonds. The average molecular weight is 918 g/mol. The van der Waals surface area contributed by atoms with Gasteiger partial charge >= 0.3 is 0 Å². The SMILES string of the molecule is Cn1c(Cl)nc2c(c(I)cn2COCC[Si](C)(C)C)c1=O.Cn1cc2c(Cl)c(-c3cn(COCC[Si](C)(C)C)c4nc(Cl)n(C)c(=O)c34)ccc2n1. The fourth-order valence-electron chi connectivity index (χ4n) is 5.41. The number of benzene rings is 1. The van der Waals surface area contributed by atoms with Crippen LogP contribution >= 0.6 is 57.4 Å². The molecule has 0 aliphatic heterocycles. The van der Waals surface area contributed by atoms with Gasteiger partial charge in [-0.1, -0.05) is 56.9 Å². The van der Waals surface area contributed by atoms with Crippen molar-refractivity contribution < 1.29 is 9.47 Å². The number of hydrogen-bond donors (Lipinski definition) is 0. The Balaban J connectivity index is 0.000000217. The average Bonchev–Trinajstić information content (AvgIpc) is 3.71. The molecule has 6 aromatic rings.